The fourth-order valence-corrected chi connectivity index (χ4v) is 1.87. The van der Waals surface area contributed by atoms with Crippen molar-refractivity contribution in [2.75, 3.05) is 20.3 Å². The lowest BCUT2D eigenvalue weighted by molar-refractivity contribution is 0.0600. The molecule has 0 saturated carbocycles. The van der Waals surface area contributed by atoms with E-state index in [0.29, 0.717) is 11.3 Å². The normalized spacial score (nSPS) is 10.0. The highest BCUT2D eigenvalue weighted by atomic mass is 19.1. The van der Waals surface area contributed by atoms with E-state index < -0.39 is 11.8 Å². The molecule has 5 nitrogen and oxygen atoms in total. The van der Waals surface area contributed by atoms with E-state index in [2.05, 4.69) is 10.1 Å². The molecule has 6 heteroatoms. The third-order valence-electron chi connectivity index (χ3n) is 3.02. The molecule has 0 spiro atoms. The summed E-state index contributed by atoms with van der Waals surface area (Å²) >= 11 is 0. The van der Waals surface area contributed by atoms with Gasteiger partial charge in [-0.25, -0.2) is 9.18 Å². The number of hydrogen-bond acceptors (Lipinski definition) is 4. The van der Waals surface area contributed by atoms with Gasteiger partial charge in [-0.3, -0.25) is 4.79 Å². The minimum absolute atomic E-state index is 0.249. The van der Waals surface area contributed by atoms with Crippen LogP contribution < -0.4 is 10.1 Å². The Morgan fingerprint density at radius 2 is 1.83 bits per heavy atom. The monoisotopic (exact) mass is 317 g/mol. The summed E-state index contributed by atoms with van der Waals surface area (Å²) in [7, 11) is 1.31. The maximum atomic E-state index is 13.0. The molecule has 0 radical (unpaired) electrons. The molecule has 0 aliphatic carbocycles. The second-order valence-electron chi connectivity index (χ2n) is 4.63. The van der Waals surface area contributed by atoms with E-state index in [1.165, 1.54) is 31.4 Å². The van der Waals surface area contributed by atoms with E-state index in [0.717, 1.165) is 0 Å². The summed E-state index contributed by atoms with van der Waals surface area (Å²) in [5, 5.41) is 2.63. The Bertz CT molecular complexity index is 685. The van der Waals surface area contributed by atoms with Crippen LogP contribution in [0.5, 0.6) is 5.75 Å². The summed E-state index contributed by atoms with van der Waals surface area (Å²) in [4.78, 5) is 23.1. The van der Waals surface area contributed by atoms with Crippen molar-refractivity contribution in [3.05, 3.63) is 65.5 Å². The molecule has 0 aliphatic heterocycles. The molecule has 0 heterocycles. The lowest BCUT2D eigenvalue weighted by Gasteiger charge is -2.08. The maximum absolute atomic E-state index is 13.0. The third-order valence-corrected chi connectivity index (χ3v) is 3.02. The molecule has 23 heavy (non-hydrogen) atoms. The summed E-state index contributed by atoms with van der Waals surface area (Å²) in [5.41, 5.74) is 0.687. The number of ether oxygens (including phenoxy) is 2. The number of esters is 1. The number of carbonyl (C=O) groups excluding carboxylic acids is 2. The van der Waals surface area contributed by atoms with Gasteiger partial charge >= 0.3 is 5.97 Å². The number of amides is 1. The fourth-order valence-electron chi connectivity index (χ4n) is 1.87. The van der Waals surface area contributed by atoms with Crippen LogP contribution in [0.15, 0.2) is 48.5 Å². The molecule has 0 bridgehead atoms. The van der Waals surface area contributed by atoms with Crippen molar-refractivity contribution >= 4 is 11.9 Å². The molecule has 2 aromatic rings. The predicted molar refractivity (Wildman–Crippen MR) is 82.0 cm³/mol. The maximum Gasteiger partial charge on any atom is 0.337 e. The number of carbonyl (C=O) groups is 2. The number of benzene rings is 2. The Balaban J connectivity index is 1.77. The standard InChI is InChI=1S/C17H16FNO4/c1-22-17(21)12-5-7-15(8-6-12)23-10-9-19-16(20)13-3-2-4-14(18)11-13/h2-8,11H,9-10H2,1H3,(H,19,20). The van der Waals surface area contributed by atoms with Gasteiger partial charge in [0.1, 0.15) is 18.2 Å². The third kappa shape index (κ3) is 4.81. The van der Waals surface area contributed by atoms with Crippen LogP contribution >= 0.6 is 0 Å². The molecule has 0 saturated heterocycles. The van der Waals surface area contributed by atoms with Crippen LogP contribution in [0.25, 0.3) is 0 Å². The number of nitrogens with one attached hydrogen (secondary N) is 1. The number of methoxy groups -OCH3 is 1. The first-order valence-corrected chi connectivity index (χ1v) is 6.95. The molecule has 0 atom stereocenters. The quantitative estimate of drug-likeness (QED) is 0.656. The van der Waals surface area contributed by atoms with Crippen LogP contribution in [-0.2, 0) is 4.74 Å². The zero-order chi connectivity index (χ0) is 16.7. The van der Waals surface area contributed by atoms with Gasteiger partial charge in [-0.05, 0) is 42.5 Å². The van der Waals surface area contributed by atoms with Gasteiger partial charge in [0.25, 0.3) is 5.91 Å². The Kier molecular flexibility index (Phi) is 5.68. The summed E-state index contributed by atoms with van der Waals surface area (Å²) in [6.07, 6.45) is 0. The van der Waals surface area contributed by atoms with E-state index in [-0.39, 0.29) is 24.6 Å². The van der Waals surface area contributed by atoms with Crippen molar-refractivity contribution in [1.82, 2.24) is 5.32 Å². The lowest BCUT2D eigenvalue weighted by Crippen LogP contribution is -2.28. The molecule has 2 rings (SSSR count). The van der Waals surface area contributed by atoms with E-state index in [4.69, 9.17) is 4.74 Å². The summed E-state index contributed by atoms with van der Waals surface area (Å²) in [6, 6.07) is 11.9. The minimum atomic E-state index is -0.459. The minimum Gasteiger partial charge on any atom is -0.492 e. The molecule has 0 fully saturated rings. The van der Waals surface area contributed by atoms with Crippen molar-refractivity contribution in [3.63, 3.8) is 0 Å². The van der Waals surface area contributed by atoms with Crippen LogP contribution in [0.1, 0.15) is 20.7 Å². The van der Waals surface area contributed by atoms with Gasteiger partial charge in [-0.1, -0.05) is 6.07 Å². The lowest BCUT2D eigenvalue weighted by atomic mass is 10.2. The summed E-state index contributed by atoms with van der Waals surface area (Å²) in [6.45, 7) is 0.521. The largest absolute Gasteiger partial charge is 0.492 e. The molecule has 1 N–H and O–H groups in total. The van der Waals surface area contributed by atoms with Crippen molar-refractivity contribution in [2.45, 2.75) is 0 Å². The number of halogens is 1. The van der Waals surface area contributed by atoms with E-state index in [1.54, 1.807) is 24.3 Å². The summed E-state index contributed by atoms with van der Waals surface area (Å²) in [5.74, 6) is -0.676. The van der Waals surface area contributed by atoms with Gasteiger partial charge in [-0.2, -0.15) is 0 Å². The zero-order valence-corrected chi connectivity index (χ0v) is 12.5. The molecule has 0 unspecified atom stereocenters. The van der Waals surface area contributed by atoms with Crippen molar-refractivity contribution < 1.29 is 23.5 Å². The molecule has 0 aromatic heterocycles. The molecular formula is C17H16FNO4. The fraction of sp³-hybridized carbons (Fsp3) is 0.176. The molecule has 0 aliphatic rings. The molecular weight excluding hydrogens is 301 g/mol. The highest BCUT2D eigenvalue weighted by Gasteiger charge is 2.06. The van der Waals surface area contributed by atoms with Crippen LogP contribution in [0.2, 0.25) is 0 Å². The van der Waals surface area contributed by atoms with Crippen molar-refractivity contribution in [2.24, 2.45) is 0 Å². The zero-order valence-electron chi connectivity index (χ0n) is 12.5. The highest BCUT2D eigenvalue weighted by molar-refractivity contribution is 5.94. The first-order chi connectivity index (χ1) is 11.1. The highest BCUT2D eigenvalue weighted by Crippen LogP contribution is 2.12. The van der Waals surface area contributed by atoms with Crippen LogP contribution in [0.4, 0.5) is 4.39 Å². The topological polar surface area (TPSA) is 64.6 Å². The van der Waals surface area contributed by atoms with Gasteiger partial charge in [0, 0.05) is 5.56 Å². The second-order valence-corrected chi connectivity index (χ2v) is 4.63. The van der Waals surface area contributed by atoms with E-state index in [9.17, 15) is 14.0 Å². The molecule has 120 valence electrons. The average molecular weight is 317 g/mol. The Labute approximate surface area is 133 Å². The van der Waals surface area contributed by atoms with Crippen molar-refractivity contribution in [1.29, 1.82) is 0 Å². The Hall–Kier alpha value is -2.89. The molecule has 2 aromatic carbocycles. The Morgan fingerprint density at radius 1 is 1.09 bits per heavy atom. The Morgan fingerprint density at radius 3 is 2.48 bits per heavy atom. The van der Waals surface area contributed by atoms with Crippen LogP contribution in [0, 0.1) is 5.82 Å². The second kappa shape index (κ2) is 7.93. The smallest absolute Gasteiger partial charge is 0.337 e. The van der Waals surface area contributed by atoms with Gasteiger partial charge in [0.2, 0.25) is 0 Å². The first-order valence-electron chi connectivity index (χ1n) is 6.95. The average Bonchev–Trinajstić information content (AvgIpc) is 2.58. The summed E-state index contributed by atoms with van der Waals surface area (Å²) < 4.78 is 23.1. The van der Waals surface area contributed by atoms with Crippen LogP contribution in [0.3, 0.4) is 0 Å². The van der Waals surface area contributed by atoms with E-state index >= 15 is 0 Å². The SMILES string of the molecule is COC(=O)c1ccc(OCCNC(=O)c2cccc(F)c2)cc1. The first kappa shape index (κ1) is 16.5. The van der Waals surface area contributed by atoms with Crippen molar-refractivity contribution in [3.8, 4) is 5.75 Å². The van der Waals surface area contributed by atoms with Gasteiger partial charge in [0.15, 0.2) is 0 Å². The number of rotatable bonds is 6. The van der Waals surface area contributed by atoms with Gasteiger partial charge in [-0.15, -0.1) is 0 Å². The van der Waals surface area contributed by atoms with Crippen LogP contribution in [-0.4, -0.2) is 32.1 Å². The number of hydrogen-bond donors (Lipinski definition) is 1. The molecule has 1 amide bonds. The van der Waals surface area contributed by atoms with Gasteiger partial charge < -0.3 is 14.8 Å². The predicted octanol–water partition coefficient (Wildman–Crippen LogP) is 2.42. The van der Waals surface area contributed by atoms with E-state index in [1.807, 2.05) is 0 Å². The van der Waals surface area contributed by atoms with Gasteiger partial charge in [0.05, 0.1) is 19.2 Å².